The number of aromatic nitrogens is 1. The monoisotopic (exact) mass is 261 g/mol. The Kier molecular flexibility index (Phi) is 3.48. The van der Waals surface area contributed by atoms with Crippen molar-refractivity contribution in [1.82, 2.24) is 4.98 Å². The van der Waals surface area contributed by atoms with E-state index in [1.807, 2.05) is 6.92 Å². The Hall–Kier alpha value is -2.07. The van der Waals surface area contributed by atoms with Gasteiger partial charge in [0.15, 0.2) is 0 Å². The molecule has 18 heavy (non-hydrogen) atoms. The minimum atomic E-state index is -0.269. The maximum atomic E-state index is 12.0. The topological polar surface area (TPSA) is 68.0 Å². The Bertz CT molecular complexity index is 599. The second kappa shape index (κ2) is 5.06. The number of carbonyl (C=O) groups excluding carboxylic acids is 1. The van der Waals surface area contributed by atoms with Gasteiger partial charge >= 0.3 is 0 Å². The van der Waals surface area contributed by atoms with Gasteiger partial charge in [-0.2, -0.15) is 0 Å². The van der Waals surface area contributed by atoms with Crippen LogP contribution in [0.15, 0.2) is 36.7 Å². The summed E-state index contributed by atoms with van der Waals surface area (Å²) < 4.78 is 0. The van der Waals surface area contributed by atoms with Gasteiger partial charge in [-0.05, 0) is 36.8 Å². The molecule has 2 rings (SSSR count). The molecule has 0 aliphatic carbocycles. The van der Waals surface area contributed by atoms with Crippen LogP contribution in [0, 0.1) is 6.92 Å². The van der Waals surface area contributed by atoms with E-state index in [4.69, 9.17) is 17.3 Å². The van der Waals surface area contributed by atoms with E-state index in [9.17, 15) is 4.79 Å². The highest BCUT2D eigenvalue weighted by Gasteiger charge is 2.11. The zero-order valence-electron chi connectivity index (χ0n) is 9.77. The fourth-order valence-electron chi connectivity index (χ4n) is 1.52. The molecule has 92 valence electrons. The third-order valence-corrected chi connectivity index (χ3v) is 2.82. The molecule has 0 aliphatic heterocycles. The van der Waals surface area contributed by atoms with Gasteiger partial charge in [0.05, 0.1) is 10.6 Å². The summed E-state index contributed by atoms with van der Waals surface area (Å²) in [5.41, 5.74) is 8.09. The van der Waals surface area contributed by atoms with Gasteiger partial charge in [0.1, 0.15) is 0 Å². The van der Waals surface area contributed by atoms with Gasteiger partial charge in [-0.3, -0.25) is 9.78 Å². The molecule has 0 unspecified atom stereocenters. The number of amides is 1. The zero-order chi connectivity index (χ0) is 13.1. The third kappa shape index (κ3) is 2.60. The molecule has 5 heteroatoms. The molecule has 1 aromatic carbocycles. The molecule has 0 saturated carbocycles. The van der Waals surface area contributed by atoms with Crippen molar-refractivity contribution in [2.75, 3.05) is 11.1 Å². The average molecular weight is 262 g/mol. The van der Waals surface area contributed by atoms with E-state index in [0.29, 0.717) is 22.0 Å². The fourth-order valence-corrected chi connectivity index (χ4v) is 1.79. The molecule has 1 heterocycles. The lowest BCUT2D eigenvalue weighted by atomic mass is 10.2. The smallest absolute Gasteiger partial charge is 0.257 e. The molecule has 0 saturated heterocycles. The summed E-state index contributed by atoms with van der Waals surface area (Å²) in [6, 6.07) is 6.53. The number of hydrogen-bond donors (Lipinski definition) is 2. The van der Waals surface area contributed by atoms with E-state index < -0.39 is 0 Å². The summed E-state index contributed by atoms with van der Waals surface area (Å²) in [5, 5.41) is 3.12. The number of nitrogens with zero attached hydrogens (tertiary/aromatic N) is 1. The largest absolute Gasteiger partial charge is 0.399 e. The summed E-state index contributed by atoms with van der Waals surface area (Å²) in [5.74, 6) is -0.269. The predicted octanol–water partition coefficient (Wildman–Crippen LogP) is 2.88. The maximum Gasteiger partial charge on any atom is 0.257 e. The van der Waals surface area contributed by atoms with Gasteiger partial charge in [0, 0.05) is 23.8 Å². The predicted molar refractivity (Wildman–Crippen MR) is 72.8 cm³/mol. The molecule has 0 fully saturated rings. The first-order chi connectivity index (χ1) is 8.58. The zero-order valence-corrected chi connectivity index (χ0v) is 10.5. The number of hydrogen-bond acceptors (Lipinski definition) is 3. The summed E-state index contributed by atoms with van der Waals surface area (Å²) in [7, 11) is 0. The number of nitrogen functional groups attached to an aromatic ring is 1. The Balaban J connectivity index is 2.25. The highest BCUT2D eigenvalue weighted by molar-refractivity contribution is 6.34. The second-order valence-corrected chi connectivity index (χ2v) is 4.29. The Morgan fingerprint density at radius 2 is 2.17 bits per heavy atom. The summed E-state index contributed by atoms with van der Waals surface area (Å²) >= 11 is 5.98. The van der Waals surface area contributed by atoms with Gasteiger partial charge in [-0.25, -0.2) is 0 Å². The number of rotatable bonds is 2. The average Bonchev–Trinajstić information content (AvgIpc) is 2.32. The molecule has 3 N–H and O–H groups in total. The van der Waals surface area contributed by atoms with E-state index >= 15 is 0 Å². The molecule has 0 radical (unpaired) electrons. The number of benzene rings is 1. The van der Waals surface area contributed by atoms with Gasteiger partial charge in [0.25, 0.3) is 5.91 Å². The van der Waals surface area contributed by atoms with Gasteiger partial charge in [0.2, 0.25) is 0 Å². The number of nitrogens with two attached hydrogens (primary N) is 1. The quantitative estimate of drug-likeness (QED) is 0.817. The van der Waals surface area contributed by atoms with Crippen LogP contribution in [0.1, 0.15) is 15.9 Å². The van der Waals surface area contributed by atoms with E-state index in [1.165, 1.54) is 0 Å². The van der Waals surface area contributed by atoms with E-state index in [1.54, 1.807) is 36.7 Å². The second-order valence-electron chi connectivity index (χ2n) is 3.88. The van der Waals surface area contributed by atoms with E-state index in [-0.39, 0.29) is 5.91 Å². The molecule has 1 aromatic heterocycles. The summed E-state index contributed by atoms with van der Waals surface area (Å²) in [6.45, 7) is 1.87. The first kappa shape index (κ1) is 12.4. The highest BCUT2D eigenvalue weighted by atomic mass is 35.5. The minimum absolute atomic E-state index is 0.269. The van der Waals surface area contributed by atoms with Crippen molar-refractivity contribution in [3.05, 3.63) is 52.8 Å². The first-order valence-electron chi connectivity index (χ1n) is 5.35. The lowest BCUT2D eigenvalue weighted by Gasteiger charge is -2.09. The summed E-state index contributed by atoms with van der Waals surface area (Å²) in [4.78, 5) is 16.0. The van der Waals surface area contributed by atoms with Gasteiger partial charge in [-0.1, -0.05) is 11.6 Å². The minimum Gasteiger partial charge on any atom is -0.399 e. The van der Waals surface area contributed by atoms with Crippen LogP contribution in [-0.4, -0.2) is 10.9 Å². The van der Waals surface area contributed by atoms with Crippen LogP contribution in [0.5, 0.6) is 0 Å². The fraction of sp³-hybridized carbons (Fsp3) is 0.0769. The molecular weight excluding hydrogens is 250 g/mol. The van der Waals surface area contributed by atoms with Crippen LogP contribution in [-0.2, 0) is 0 Å². The molecular formula is C13H12ClN3O. The van der Waals surface area contributed by atoms with Gasteiger partial charge < -0.3 is 11.1 Å². The van der Waals surface area contributed by atoms with Crippen LogP contribution < -0.4 is 11.1 Å². The molecule has 0 aliphatic rings. The molecule has 0 atom stereocenters. The van der Waals surface area contributed by atoms with Gasteiger partial charge in [-0.15, -0.1) is 0 Å². The van der Waals surface area contributed by atoms with Crippen molar-refractivity contribution < 1.29 is 4.79 Å². The van der Waals surface area contributed by atoms with Crippen LogP contribution in [0.2, 0.25) is 5.02 Å². The number of halogens is 1. The Morgan fingerprint density at radius 3 is 2.83 bits per heavy atom. The van der Waals surface area contributed by atoms with Crippen molar-refractivity contribution in [3.8, 4) is 0 Å². The van der Waals surface area contributed by atoms with Crippen molar-refractivity contribution in [2.45, 2.75) is 6.92 Å². The summed E-state index contributed by atoms with van der Waals surface area (Å²) in [6.07, 6.45) is 3.30. The van der Waals surface area contributed by atoms with Crippen LogP contribution >= 0.6 is 11.6 Å². The van der Waals surface area contributed by atoms with Crippen molar-refractivity contribution >= 4 is 28.9 Å². The van der Waals surface area contributed by atoms with Crippen LogP contribution in [0.25, 0.3) is 0 Å². The molecule has 1 amide bonds. The molecule has 0 spiro atoms. The lowest BCUT2D eigenvalue weighted by molar-refractivity contribution is 0.102. The maximum absolute atomic E-state index is 12.0. The first-order valence-corrected chi connectivity index (χ1v) is 5.72. The highest BCUT2D eigenvalue weighted by Crippen LogP contribution is 2.21. The van der Waals surface area contributed by atoms with Crippen LogP contribution in [0.3, 0.4) is 0 Å². The number of nitrogens with one attached hydrogen (secondary N) is 1. The number of carbonyl (C=O) groups is 1. The molecule has 4 nitrogen and oxygen atoms in total. The van der Waals surface area contributed by atoms with Crippen LogP contribution in [0.4, 0.5) is 11.4 Å². The Morgan fingerprint density at radius 1 is 1.39 bits per heavy atom. The third-order valence-electron chi connectivity index (χ3n) is 2.51. The van der Waals surface area contributed by atoms with E-state index in [0.717, 1.165) is 5.56 Å². The number of anilines is 2. The van der Waals surface area contributed by atoms with Crippen molar-refractivity contribution in [2.24, 2.45) is 0 Å². The van der Waals surface area contributed by atoms with Crippen molar-refractivity contribution in [3.63, 3.8) is 0 Å². The van der Waals surface area contributed by atoms with E-state index in [2.05, 4.69) is 10.3 Å². The number of pyridine rings is 1. The Labute approximate surface area is 110 Å². The normalized spacial score (nSPS) is 10.1. The number of aryl methyl sites for hydroxylation is 1. The SMILES string of the molecule is Cc1cnccc1NC(=O)c1ccc(N)cc1Cl. The molecule has 0 bridgehead atoms. The molecule has 2 aromatic rings. The lowest BCUT2D eigenvalue weighted by Crippen LogP contribution is -2.13. The standard InChI is InChI=1S/C13H12ClN3O/c1-8-7-16-5-4-12(8)17-13(18)10-3-2-9(15)6-11(10)14/h2-7H,15H2,1H3,(H,16,17,18). The van der Waals surface area contributed by atoms with Crippen molar-refractivity contribution in [1.29, 1.82) is 0 Å².